The van der Waals surface area contributed by atoms with Gasteiger partial charge < -0.3 is 4.90 Å². The molecular formula is C12H14BrNO2S. The standard InChI is InChI=1S/C12H14BrNO2S/c1-9-2-3-10(11(13)8-9)12(15)14-4-6-17(16)7-5-14/h2-3,8H,4-7H2,1H3. The lowest BCUT2D eigenvalue weighted by Crippen LogP contribution is -2.41. The Morgan fingerprint density at radius 3 is 2.59 bits per heavy atom. The lowest BCUT2D eigenvalue weighted by atomic mass is 10.1. The first kappa shape index (κ1) is 12.8. The smallest absolute Gasteiger partial charge is 0.255 e. The van der Waals surface area contributed by atoms with Crippen molar-refractivity contribution >= 4 is 32.6 Å². The zero-order valence-electron chi connectivity index (χ0n) is 9.61. The average Bonchev–Trinajstić information content (AvgIpc) is 2.29. The van der Waals surface area contributed by atoms with Crippen LogP contribution < -0.4 is 0 Å². The predicted octanol–water partition coefficient (Wildman–Crippen LogP) is 1.96. The second-order valence-electron chi connectivity index (χ2n) is 4.12. The molecule has 1 aromatic rings. The number of carbonyl (C=O) groups excluding carboxylic acids is 1. The molecule has 2 rings (SSSR count). The molecule has 0 N–H and O–H groups in total. The molecule has 0 aliphatic carbocycles. The number of hydrogen-bond acceptors (Lipinski definition) is 2. The van der Waals surface area contributed by atoms with Gasteiger partial charge in [-0.15, -0.1) is 0 Å². The molecule has 1 saturated heterocycles. The van der Waals surface area contributed by atoms with Gasteiger partial charge in [-0.1, -0.05) is 6.07 Å². The Hall–Kier alpha value is -0.680. The first-order valence-electron chi connectivity index (χ1n) is 5.48. The van der Waals surface area contributed by atoms with Gasteiger partial charge in [0.1, 0.15) is 0 Å². The second-order valence-corrected chi connectivity index (χ2v) is 6.67. The van der Waals surface area contributed by atoms with E-state index in [2.05, 4.69) is 15.9 Å². The molecule has 17 heavy (non-hydrogen) atoms. The molecule has 1 fully saturated rings. The summed E-state index contributed by atoms with van der Waals surface area (Å²) in [6.07, 6.45) is 0. The van der Waals surface area contributed by atoms with E-state index in [0.29, 0.717) is 30.2 Å². The van der Waals surface area contributed by atoms with Crippen molar-refractivity contribution in [1.82, 2.24) is 4.90 Å². The summed E-state index contributed by atoms with van der Waals surface area (Å²) in [5.41, 5.74) is 1.80. The fourth-order valence-corrected chi connectivity index (χ4v) is 3.52. The molecule has 1 amide bonds. The molecule has 0 saturated carbocycles. The SMILES string of the molecule is Cc1ccc(C(=O)N2CCS(=O)CC2)c(Br)c1. The molecular weight excluding hydrogens is 302 g/mol. The molecule has 0 spiro atoms. The number of hydrogen-bond donors (Lipinski definition) is 0. The van der Waals surface area contributed by atoms with Crippen LogP contribution in [-0.2, 0) is 10.8 Å². The highest BCUT2D eigenvalue weighted by atomic mass is 79.9. The van der Waals surface area contributed by atoms with Gasteiger partial charge in [-0.05, 0) is 40.5 Å². The van der Waals surface area contributed by atoms with Crippen LogP contribution in [0.3, 0.4) is 0 Å². The lowest BCUT2D eigenvalue weighted by Gasteiger charge is -2.26. The van der Waals surface area contributed by atoms with Crippen LogP contribution in [0.1, 0.15) is 15.9 Å². The van der Waals surface area contributed by atoms with Gasteiger partial charge in [-0.25, -0.2) is 0 Å². The molecule has 0 aromatic heterocycles. The summed E-state index contributed by atoms with van der Waals surface area (Å²) in [6, 6.07) is 5.71. The van der Waals surface area contributed by atoms with Crippen LogP contribution in [0.4, 0.5) is 0 Å². The molecule has 0 radical (unpaired) electrons. The maximum atomic E-state index is 12.2. The van der Waals surface area contributed by atoms with Crippen molar-refractivity contribution in [3.63, 3.8) is 0 Å². The molecule has 1 aliphatic heterocycles. The third-order valence-corrected chi connectivity index (χ3v) is 4.75. The van der Waals surface area contributed by atoms with Gasteiger partial charge >= 0.3 is 0 Å². The van der Waals surface area contributed by atoms with Crippen molar-refractivity contribution in [2.24, 2.45) is 0 Å². The predicted molar refractivity (Wildman–Crippen MR) is 72.7 cm³/mol. The van der Waals surface area contributed by atoms with Crippen molar-refractivity contribution in [1.29, 1.82) is 0 Å². The van der Waals surface area contributed by atoms with Crippen molar-refractivity contribution in [2.45, 2.75) is 6.92 Å². The van der Waals surface area contributed by atoms with Gasteiger partial charge in [0.2, 0.25) is 0 Å². The van der Waals surface area contributed by atoms with Crippen LogP contribution in [0.5, 0.6) is 0 Å². The van der Waals surface area contributed by atoms with Gasteiger partial charge in [0.05, 0.1) is 5.56 Å². The van der Waals surface area contributed by atoms with Crippen molar-refractivity contribution in [3.05, 3.63) is 33.8 Å². The zero-order valence-corrected chi connectivity index (χ0v) is 12.0. The first-order chi connectivity index (χ1) is 8.08. The van der Waals surface area contributed by atoms with E-state index in [1.165, 1.54) is 0 Å². The van der Waals surface area contributed by atoms with Gasteiger partial charge in [0, 0.05) is 39.9 Å². The van der Waals surface area contributed by atoms with E-state index in [4.69, 9.17) is 0 Å². The molecule has 0 bridgehead atoms. The molecule has 92 valence electrons. The van der Waals surface area contributed by atoms with E-state index in [0.717, 1.165) is 10.0 Å². The minimum absolute atomic E-state index is 0.0218. The van der Waals surface area contributed by atoms with E-state index in [1.807, 2.05) is 25.1 Å². The fraction of sp³-hybridized carbons (Fsp3) is 0.417. The molecule has 0 atom stereocenters. The Kier molecular flexibility index (Phi) is 3.99. The van der Waals surface area contributed by atoms with Crippen molar-refractivity contribution < 1.29 is 9.00 Å². The highest BCUT2D eigenvalue weighted by Crippen LogP contribution is 2.20. The molecule has 3 nitrogen and oxygen atoms in total. The maximum absolute atomic E-state index is 12.2. The Labute approximate surface area is 112 Å². The van der Waals surface area contributed by atoms with Crippen molar-refractivity contribution in [2.75, 3.05) is 24.6 Å². The Morgan fingerprint density at radius 2 is 2.00 bits per heavy atom. The number of halogens is 1. The molecule has 1 aliphatic rings. The number of nitrogens with zero attached hydrogens (tertiary/aromatic N) is 1. The molecule has 1 heterocycles. The minimum atomic E-state index is -0.748. The van der Waals surface area contributed by atoms with E-state index in [9.17, 15) is 9.00 Å². The van der Waals surface area contributed by atoms with Crippen LogP contribution in [-0.4, -0.2) is 39.6 Å². The van der Waals surface area contributed by atoms with Crippen LogP contribution in [0.25, 0.3) is 0 Å². The van der Waals surface area contributed by atoms with Gasteiger partial charge in [0.25, 0.3) is 5.91 Å². The van der Waals surface area contributed by atoms with Crippen molar-refractivity contribution in [3.8, 4) is 0 Å². The lowest BCUT2D eigenvalue weighted by molar-refractivity contribution is 0.0770. The minimum Gasteiger partial charge on any atom is -0.337 e. The Morgan fingerprint density at radius 1 is 1.35 bits per heavy atom. The number of benzene rings is 1. The van der Waals surface area contributed by atoms with Crippen LogP contribution in [0, 0.1) is 6.92 Å². The van der Waals surface area contributed by atoms with E-state index < -0.39 is 10.8 Å². The fourth-order valence-electron chi connectivity index (χ4n) is 1.80. The first-order valence-corrected chi connectivity index (χ1v) is 7.76. The highest BCUT2D eigenvalue weighted by Gasteiger charge is 2.22. The van der Waals surface area contributed by atoms with Gasteiger partial charge in [0.15, 0.2) is 0 Å². The Bertz CT molecular complexity index is 466. The van der Waals surface area contributed by atoms with E-state index in [1.54, 1.807) is 4.90 Å². The summed E-state index contributed by atoms with van der Waals surface area (Å²) in [5.74, 6) is 1.21. The maximum Gasteiger partial charge on any atom is 0.255 e. The third-order valence-electron chi connectivity index (χ3n) is 2.82. The highest BCUT2D eigenvalue weighted by molar-refractivity contribution is 9.10. The van der Waals surface area contributed by atoms with E-state index >= 15 is 0 Å². The second kappa shape index (κ2) is 5.31. The summed E-state index contributed by atoms with van der Waals surface area (Å²) in [6.45, 7) is 3.17. The summed E-state index contributed by atoms with van der Waals surface area (Å²) in [7, 11) is -0.748. The third kappa shape index (κ3) is 2.96. The molecule has 1 aromatic carbocycles. The largest absolute Gasteiger partial charge is 0.337 e. The summed E-state index contributed by atoms with van der Waals surface area (Å²) < 4.78 is 12.1. The average molecular weight is 316 g/mol. The number of amides is 1. The van der Waals surface area contributed by atoms with Gasteiger partial charge in [-0.2, -0.15) is 0 Å². The molecule has 0 unspecified atom stereocenters. The number of carbonyl (C=O) groups is 1. The summed E-state index contributed by atoms with van der Waals surface area (Å²) in [4.78, 5) is 14.0. The quantitative estimate of drug-likeness (QED) is 0.794. The zero-order chi connectivity index (χ0) is 12.4. The van der Waals surface area contributed by atoms with E-state index in [-0.39, 0.29) is 5.91 Å². The normalized spacial score (nSPS) is 17.2. The van der Waals surface area contributed by atoms with Crippen LogP contribution in [0.15, 0.2) is 22.7 Å². The molecule has 5 heteroatoms. The topological polar surface area (TPSA) is 37.4 Å². The summed E-state index contributed by atoms with van der Waals surface area (Å²) >= 11 is 3.42. The summed E-state index contributed by atoms with van der Waals surface area (Å²) in [5, 5.41) is 0. The Balaban J connectivity index is 2.16. The number of rotatable bonds is 1. The van der Waals surface area contributed by atoms with Gasteiger partial charge in [-0.3, -0.25) is 9.00 Å². The van der Waals surface area contributed by atoms with Crippen LogP contribution >= 0.6 is 15.9 Å². The van der Waals surface area contributed by atoms with Crippen LogP contribution in [0.2, 0.25) is 0 Å². The monoisotopic (exact) mass is 315 g/mol. The number of aryl methyl sites for hydroxylation is 1.